The fraction of sp³-hybridized carbons (Fsp3) is 0.538. The lowest BCUT2D eigenvalue weighted by atomic mass is 10.0. The molecule has 0 unspecified atom stereocenters. The van der Waals surface area contributed by atoms with Crippen LogP contribution in [-0.4, -0.2) is 47.6 Å². The zero-order valence-corrected chi connectivity index (χ0v) is 12.4. The second kappa shape index (κ2) is 5.49. The minimum Gasteiger partial charge on any atom is -0.478 e. The van der Waals surface area contributed by atoms with Gasteiger partial charge in [0.1, 0.15) is 0 Å². The summed E-state index contributed by atoms with van der Waals surface area (Å²) >= 11 is 0. The highest BCUT2D eigenvalue weighted by Crippen LogP contribution is 2.19. The molecular formula is C13H18N2O4S. The summed E-state index contributed by atoms with van der Waals surface area (Å²) in [5.41, 5.74) is 2.31. The Kier molecular flexibility index (Phi) is 4.10. The number of carboxylic acids is 1. The zero-order valence-electron chi connectivity index (χ0n) is 11.6. The highest BCUT2D eigenvalue weighted by atomic mass is 32.2. The Morgan fingerprint density at radius 2 is 2.05 bits per heavy atom. The molecule has 0 radical (unpaired) electrons. The highest BCUT2D eigenvalue weighted by molar-refractivity contribution is 7.89. The number of pyridine rings is 1. The van der Waals surface area contributed by atoms with E-state index >= 15 is 0 Å². The van der Waals surface area contributed by atoms with Crippen molar-refractivity contribution < 1.29 is 18.3 Å². The van der Waals surface area contributed by atoms with Gasteiger partial charge in [0.15, 0.2) is 0 Å². The van der Waals surface area contributed by atoms with E-state index in [0.29, 0.717) is 31.6 Å². The number of hydrogen-bond donors (Lipinski definition) is 1. The van der Waals surface area contributed by atoms with E-state index in [2.05, 4.69) is 4.98 Å². The fourth-order valence-corrected chi connectivity index (χ4v) is 3.50. The standard InChI is InChI=1S/C13H18N2O4S/c1-3-20(18,19)15-6-4-10-8-11(13(16)17)9(2)14-12(10)5-7-15/h8H,3-7H2,1-2H3,(H,16,17). The number of carboxylic acid groups (broad SMARTS) is 1. The zero-order chi connectivity index (χ0) is 14.9. The molecule has 0 saturated heterocycles. The van der Waals surface area contributed by atoms with Gasteiger partial charge in [-0.3, -0.25) is 4.98 Å². The predicted octanol–water partition coefficient (Wildman–Crippen LogP) is 0.839. The topological polar surface area (TPSA) is 87.6 Å². The molecular weight excluding hydrogens is 280 g/mol. The normalized spacial score (nSPS) is 16.5. The van der Waals surface area contributed by atoms with Gasteiger partial charge in [-0.1, -0.05) is 0 Å². The Labute approximate surface area is 118 Å². The van der Waals surface area contributed by atoms with Crippen LogP contribution in [0.15, 0.2) is 6.07 Å². The molecule has 0 spiro atoms. The van der Waals surface area contributed by atoms with Crippen LogP contribution < -0.4 is 0 Å². The number of aromatic nitrogens is 1. The van der Waals surface area contributed by atoms with Crippen molar-refractivity contribution in [2.75, 3.05) is 18.8 Å². The third kappa shape index (κ3) is 2.83. The summed E-state index contributed by atoms with van der Waals surface area (Å²) < 4.78 is 25.3. The first-order valence-corrected chi connectivity index (χ1v) is 8.16. The molecule has 0 amide bonds. The van der Waals surface area contributed by atoms with E-state index in [-0.39, 0.29) is 11.3 Å². The van der Waals surface area contributed by atoms with Crippen molar-refractivity contribution in [1.82, 2.24) is 9.29 Å². The van der Waals surface area contributed by atoms with Crippen LogP contribution in [-0.2, 0) is 22.9 Å². The number of sulfonamides is 1. The molecule has 1 aromatic heterocycles. The van der Waals surface area contributed by atoms with Crippen LogP contribution in [0.25, 0.3) is 0 Å². The van der Waals surface area contributed by atoms with Crippen molar-refractivity contribution >= 4 is 16.0 Å². The van der Waals surface area contributed by atoms with Gasteiger partial charge in [0.05, 0.1) is 17.0 Å². The number of hydrogen-bond acceptors (Lipinski definition) is 4. The monoisotopic (exact) mass is 298 g/mol. The molecule has 0 fully saturated rings. The highest BCUT2D eigenvalue weighted by Gasteiger charge is 2.24. The lowest BCUT2D eigenvalue weighted by Gasteiger charge is -2.18. The van der Waals surface area contributed by atoms with Gasteiger partial charge in [0, 0.05) is 25.2 Å². The molecule has 0 aromatic carbocycles. The van der Waals surface area contributed by atoms with Crippen molar-refractivity contribution in [2.24, 2.45) is 0 Å². The first-order valence-electron chi connectivity index (χ1n) is 6.55. The van der Waals surface area contributed by atoms with E-state index in [1.807, 2.05) is 0 Å². The molecule has 0 saturated carbocycles. The summed E-state index contributed by atoms with van der Waals surface area (Å²) in [6.45, 7) is 4.07. The summed E-state index contributed by atoms with van der Waals surface area (Å²) in [5.74, 6) is -0.920. The number of carbonyl (C=O) groups is 1. The molecule has 2 rings (SSSR count). The second-order valence-electron chi connectivity index (χ2n) is 4.83. The summed E-state index contributed by atoms with van der Waals surface area (Å²) in [7, 11) is -3.21. The molecule has 0 bridgehead atoms. The summed E-state index contributed by atoms with van der Waals surface area (Å²) in [6, 6.07) is 1.63. The van der Waals surface area contributed by atoms with Crippen molar-refractivity contribution in [2.45, 2.75) is 26.7 Å². The van der Waals surface area contributed by atoms with Gasteiger partial charge < -0.3 is 5.11 Å². The summed E-state index contributed by atoms with van der Waals surface area (Å²) in [5, 5.41) is 9.11. The molecule has 1 aliphatic rings. The predicted molar refractivity (Wildman–Crippen MR) is 74.4 cm³/mol. The Morgan fingerprint density at radius 3 is 2.65 bits per heavy atom. The van der Waals surface area contributed by atoms with Gasteiger partial charge in [-0.25, -0.2) is 17.5 Å². The maximum Gasteiger partial charge on any atom is 0.337 e. The Balaban J connectivity index is 2.33. The Morgan fingerprint density at radius 1 is 1.40 bits per heavy atom. The molecule has 0 atom stereocenters. The molecule has 0 aliphatic carbocycles. The average Bonchev–Trinajstić information content (AvgIpc) is 2.60. The Hall–Kier alpha value is -1.47. The van der Waals surface area contributed by atoms with Gasteiger partial charge in [0.25, 0.3) is 0 Å². The number of nitrogens with zero attached hydrogens (tertiary/aromatic N) is 2. The van der Waals surface area contributed by atoms with Gasteiger partial charge in [0.2, 0.25) is 10.0 Å². The minimum atomic E-state index is -3.21. The van der Waals surface area contributed by atoms with Crippen LogP contribution in [0.3, 0.4) is 0 Å². The maximum atomic E-state index is 11.9. The minimum absolute atomic E-state index is 0.0795. The molecule has 6 nitrogen and oxygen atoms in total. The summed E-state index contributed by atoms with van der Waals surface area (Å²) in [6.07, 6.45) is 1.03. The largest absolute Gasteiger partial charge is 0.478 e. The lowest BCUT2D eigenvalue weighted by molar-refractivity contribution is 0.0695. The van der Waals surface area contributed by atoms with Crippen LogP contribution in [0.4, 0.5) is 0 Å². The van der Waals surface area contributed by atoms with E-state index < -0.39 is 16.0 Å². The summed E-state index contributed by atoms with van der Waals surface area (Å²) in [4.78, 5) is 15.5. The molecule has 110 valence electrons. The van der Waals surface area contributed by atoms with E-state index in [4.69, 9.17) is 5.11 Å². The first kappa shape index (κ1) is 14.9. The quantitative estimate of drug-likeness (QED) is 0.893. The van der Waals surface area contributed by atoms with Crippen LogP contribution in [0.2, 0.25) is 0 Å². The van der Waals surface area contributed by atoms with Crippen LogP contribution in [0.5, 0.6) is 0 Å². The van der Waals surface area contributed by atoms with Crippen molar-refractivity contribution in [3.05, 3.63) is 28.6 Å². The van der Waals surface area contributed by atoms with Gasteiger partial charge in [-0.15, -0.1) is 0 Å². The maximum absolute atomic E-state index is 11.9. The van der Waals surface area contributed by atoms with Gasteiger partial charge in [-0.05, 0) is 31.9 Å². The number of fused-ring (bicyclic) bond motifs is 1. The van der Waals surface area contributed by atoms with Crippen LogP contribution in [0.1, 0.15) is 34.2 Å². The molecule has 7 heteroatoms. The Bertz CT molecular complexity index is 640. The van der Waals surface area contributed by atoms with Crippen molar-refractivity contribution in [1.29, 1.82) is 0 Å². The molecule has 1 aromatic rings. The fourth-order valence-electron chi connectivity index (χ4n) is 2.39. The third-order valence-electron chi connectivity index (χ3n) is 3.60. The molecule has 1 N–H and O–H groups in total. The van der Waals surface area contributed by atoms with Gasteiger partial charge in [-0.2, -0.15) is 0 Å². The second-order valence-corrected chi connectivity index (χ2v) is 7.09. The SMILES string of the molecule is CCS(=O)(=O)N1CCc2cc(C(=O)O)c(C)nc2CC1. The molecule has 2 heterocycles. The average molecular weight is 298 g/mol. The molecule has 1 aliphatic heterocycles. The van der Waals surface area contributed by atoms with E-state index in [9.17, 15) is 13.2 Å². The van der Waals surface area contributed by atoms with Crippen LogP contribution >= 0.6 is 0 Å². The first-order chi connectivity index (χ1) is 9.35. The number of aryl methyl sites for hydroxylation is 1. The van der Waals surface area contributed by atoms with E-state index in [1.165, 1.54) is 4.31 Å². The number of rotatable bonds is 3. The van der Waals surface area contributed by atoms with Crippen molar-refractivity contribution in [3.63, 3.8) is 0 Å². The lowest BCUT2D eigenvalue weighted by Crippen LogP contribution is -2.34. The van der Waals surface area contributed by atoms with E-state index in [0.717, 1.165) is 11.3 Å². The third-order valence-corrected chi connectivity index (χ3v) is 5.48. The van der Waals surface area contributed by atoms with Crippen LogP contribution in [0, 0.1) is 6.92 Å². The smallest absolute Gasteiger partial charge is 0.337 e. The van der Waals surface area contributed by atoms with Crippen molar-refractivity contribution in [3.8, 4) is 0 Å². The van der Waals surface area contributed by atoms with Gasteiger partial charge >= 0.3 is 5.97 Å². The van der Waals surface area contributed by atoms with E-state index in [1.54, 1.807) is 19.9 Å². The molecule has 20 heavy (non-hydrogen) atoms. The number of aromatic carboxylic acids is 1.